The molecule has 18 heavy (non-hydrogen) atoms. The summed E-state index contributed by atoms with van der Waals surface area (Å²) in [5.74, 6) is 0.764. The van der Waals surface area contributed by atoms with Gasteiger partial charge in [0.25, 0.3) is 0 Å². The molecule has 1 unspecified atom stereocenters. The molecule has 4 N–H and O–H groups in total. The first-order valence-electron chi connectivity index (χ1n) is 5.65. The van der Waals surface area contributed by atoms with Crippen LogP contribution in [0.25, 0.3) is 11.4 Å². The highest BCUT2D eigenvalue weighted by molar-refractivity contribution is 5.59. The molecule has 96 valence electrons. The van der Waals surface area contributed by atoms with Gasteiger partial charge in [0.15, 0.2) is 11.5 Å². The fraction of sp³-hybridized carbons (Fsp3) is 0.333. The molecule has 1 heterocycles. The van der Waals surface area contributed by atoms with Crippen LogP contribution in [0.5, 0.6) is 11.5 Å². The third-order valence-electron chi connectivity index (χ3n) is 2.63. The Morgan fingerprint density at radius 2 is 2.11 bits per heavy atom. The van der Waals surface area contributed by atoms with Crippen molar-refractivity contribution in [3.05, 3.63) is 24.1 Å². The maximum Gasteiger partial charge on any atom is 0.227 e. The van der Waals surface area contributed by atoms with E-state index in [1.165, 1.54) is 12.1 Å². The van der Waals surface area contributed by atoms with Gasteiger partial charge in [-0.05, 0) is 30.7 Å². The first-order chi connectivity index (χ1) is 8.60. The first kappa shape index (κ1) is 12.4. The van der Waals surface area contributed by atoms with Gasteiger partial charge in [-0.3, -0.25) is 0 Å². The van der Waals surface area contributed by atoms with Gasteiger partial charge < -0.3 is 20.5 Å². The lowest BCUT2D eigenvalue weighted by Gasteiger charge is -2.02. The highest BCUT2D eigenvalue weighted by Gasteiger charge is 2.12. The third-order valence-corrected chi connectivity index (χ3v) is 2.63. The standard InChI is InChI=1S/C12H15N3O3/c1-7(6-13)4-11-14-12(15-18-11)8-2-3-9(16)10(17)5-8/h2-3,5,7,16-17H,4,6,13H2,1H3. The molecule has 0 saturated carbocycles. The van der Waals surface area contributed by atoms with E-state index < -0.39 is 0 Å². The van der Waals surface area contributed by atoms with Gasteiger partial charge in [0.2, 0.25) is 11.7 Å². The predicted molar refractivity (Wildman–Crippen MR) is 65.0 cm³/mol. The quantitative estimate of drug-likeness (QED) is 0.705. The second-order valence-corrected chi connectivity index (χ2v) is 4.26. The van der Waals surface area contributed by atoms with Crippen molar-refractivity contribution >= 4 is 0 Å². The summed E-state index contributed by atoms with van der Waals surface area (Å²) in [6.07, 6.45) is 0.619. The van der Waals surface area contributed by atoms with E-state index >= 15 is 0 Å². The summed E-state index contributed by atoms with van der Waals surface area (Å²) in [6, 6.07) is 4.37. The highest BCUT2D eigenvalue weighted by Crippen LogP contribution is 2.29. The summed E-state index contributed by atoms with van der Waals surface area (Å²) < 4.78 is 5.10. The Hall–Kier alpha value is -2.08. The van der Waals surface area contributed by atoms with E-state index in [4.69, 9.17) is 10.3 Å². The van der Waals surface area contributed by atoms with Crippen LogP contribution in [-0.4, -0.2) is 26.9 Å². The normalized spacial score (nSPS) is 12.6. The average molecular weight is 249 g/mol. The Bertz CT molecular complexity index is 539. The second kappa shape index (κ2) is 5.05. The number of nitrogens with zero attached hydrogens (tertiary/aromatic N) is 2. The number of nitrogens with two attached hydrogens (primary N) is 1. The van der Waals surface area contributed by atoms with Crippen molar-refractivity contribution in [2.24, 2.45) is 11.7 Å². The molecule has 6 nitrogen and oxygen atoms in total. The van der Waals surface area contributed by atoms with Crippen LogP contribution in [0.2, 0.25) is 0 Å². The third kappa shape index (κ3) is 2.60. The van der Waals surface area contributed by atoms with Crippen LogP contribution in [0.3, 0.4) is 0 Å². The Labute approximate surface area is 104 Å². The summed E-state index contributed by atoms with van der Waals surface area (Å²) in [5, 5.41) is 22.4. The molecule has 0 fully saturated rings. The summed E-state index contributed by atoms with van der Waals surface area (Å²) in [4.78, 5) is 4.21. The fourth-order valence-electron chi connectivity index (χ4n) is 1.50. The largest absolute Gasteiger partial charge is 0.504 e. The van der Waals surface area contributed by atoms with Crippen LogP contribution in [0.4, 0.5) is 0 Å². The molecule has 2 aromatic rings. The smallest absolute Gasteiger partial charge is 0.227 e. The number of phenolic OH excluding ortho intramolecular Hbond substituents is 2. The zero-order valence-electron chi connectivity index (χ0n) is 10.00. The van der Waals surface area contributed by atoms with Crippen LogP contribution in [-0.2, 0) is 6.42 Å². The maximum absolute atomic E-state index is 9.40. The van der Waals surface area contributed by atoms with Crippen LogP contribution in [0, 0.1) is 5.92 Å². The van der Waals surface area contributed by atoms with E-state index in [1.807, 2.05) is 6.92 Å². The lowest BCUT2D eigenvalue weighted by Crippen LogP contribution is -2.13. The Morgan fingerprint density at radius 3 is 2.78 bits per heavy atom. The van der Waals surface area contributed by atoms with Crippen LogP contribution < -0.4 is 5.73 Å². The van der Waals surface area contributed by atoms with Crippen molar-refractivity contribution in [1.29, 1.82) is 0 Å². The molecule has 0 bridgehead atoms. The summed E-state index contributed by atoms with van der Waals surface area (Å²) in [6.45, 7) is 2.55. The number of hydrogen-bond donors (Lipinski definition) is 3. The molecule has 0 spiro atoms. The Morgan fingerprint density at radius 1 is 1.33 bits per heavy atom. The number of benzene rings is 1. The van der Waals surface area contributed by atoms with Crippen molar-refractivity contribution < 1.29 is 14.7 Å². The lowest BCUT2D eigenvalue weighted by molar-refractivity contribution is 0.359. The zero-order chi connectivity index (χ0) is 13.1. The van der Waals surface area contributed by atoms with Crippen molar-refractivity contribution in [1.82, 2.24) is 10.1 Å². The van der Waals surface area contributed by atoms with E-state index in [2.05, 4.69) is 10.1 Å². The predicted octanol–water partition coefficient (Wildman–Crippen LogP) is 1.29. The van der Waals surface area contributed by atoms with Gasteiger partial charge in [-0.25, -0.2) is 0 Å². The van der Waals surface area contributed by atoms with Crippen LogP contribution in [0.15, 0.2) is 22.7 Å². The topological polar surface area (TPSA) is 105 Å². The van der Waals surface area contributed by atoms with Gasteiger partial charge >= 0.3 is 0 Å². The summed E-state index contributed by atoms with van der Waals surface area (Å²) in [5.41, 5.74) is 6.11. The van der Waals surface area contributed by atoms with E-state index in [0.29, 0.717) is 30.2 Å². The van der Waals surface area contributed by atoms with Crippen molar-refractivity contribution in [2.45, 2.75) is 13.3 Å². The SMILES string of the molecule is CC(CN)Cc1nc(-c2ccc(O)c(O)c2)no1. The van der Waals surface area contributed by atoms with Gasteiger partial charge in [0, 0.05) is 12.0 Å². The second-order valence-electron chi connectivity index (χ2n) is 4.26. The average Bonchev–Trinajstić information content (AvgIpc) is 2.81. The molecule has 0 radical (unpaired) electrons. The number of aromatic hydroxyl groups is 2. The van der Waals surface area contributed by atoms with Gasteiger partial charge in [0.1, 0.15) is 0 Å². The summed E-state index contributed by atoms with van der Waals surface area (Å²) in [7, 11) is 0. The lowest BCUT2D eigenvalue weighted by atomic mass is 10.1. The minimum absolute atomic E-state index is 0.181. The number of hydrogen-bond acceptors (Lipinski definition) is 6. The molecule has 6 heteroatoms. The maximum atomic E-state index is 9.40. The highest BCUT2D eigenvalue weighted by atomic mass is 16.5. The number of aromatic nitrogens is 2. The van der Waals surface area contributed by atoms with Gasteiger partial charge in [0.05, 0.1) is 0 Å². The fourth-order valence-corrected chi connectivity index (χ4v) is 1.50. The van der Waals surface area contributed by atoms with Crippen LogP contribution in [0.1, 0.15) is 12.8 Å². The Balaban J connectivity index is 2.21. The molecule has 1 aromatic carbocycles. The van der Waals surface area contributed by atoms with Crippen molar-refractivity contribution in [2.75, 3.05) is 6.54 Å². The molecular weight excluding hydrogens is 234 g/mol. The minimum Gasteiger partial charge on any atom is -0.504 e. The zero-order valence-corrected chi connectivity index (χ0v) is 10.00. The van der Waals surface area contributed by atoms with E-state index in [1.54, 1.807) is 6.07 Å². The molecule has 0 amide bonds. The van der Waals surface area contributed by atoms with Gasteiger partial charge in [-0.2, -0.15) is 4.98 Å². The number of phenols is 2. The molecule has 2 rings (SSSR count). The molecule has 0 aliphatic carbocycles. The molecule has 0 aliphatic rings. The van der Waals surface area contributed by atoms with Crippen LogP contribution >= 0.6 is 0 Å². The van der Waals surface area contributed by atoms with E-state index in [-0.39, 0.29) is 17.4 Å². The van der Waals surface area contributed by atoms with Gasteiger partial charge in [-0.1, -0.05) is 12.1 Å². The van der Waals surface area contributed by atoms with E-state index in [0.717, 1.165) is 0 Å². The monoisotopic (exact) mass is 249 g/mol. The van der Waals surface area contributed by atoms with Gasteiger partial charge in [-0.15, -0.1) is 0 Å². The van der Waals surface area contributed by atoms with Crippen molar-refractivity contribution in [3.63, 3.8) is 0 Å². The molecule has 1 atom stereocenters. The molecular formula is C12H15N3O3. The number of rotatable bonds is 4. The minimum atomic E-state index is -0.214. The molecule has 1 aromatic heterocycles. The molecule has 0 saturated heterocycles. The molecule has 0 aliphatic heterocycles. The summed E-state index contributed by atoms with van der Waals surface area (Å²) >= 11 is 0. The van der Waals surface area contributed by atoms with E-state index in [9.17, 15) is 10.2 Å². The van der Waals surface area contributed by atoms with Crippen molar-refractivity contribution in [3.8, 4) is 22.9 Å². The first-order valence-corrected chi connectivity index (χ1v) is 5.65. The Kier molecular flexibility index (Phi) is 3.47.